The predicted molar refractivity (Wildman–Crippen MR) is 51.9 cm³/mol. The fourth-order valence-corrected chi connectivity index (χ4v) is 0.982. The molecule has 0 aliphatic carbocycles. The Hall–Kier alpha value is -1.36. The first-order valence-corrected chi connectivity index (χ1v) is 4.53. The van der Waals surface area contributed by atoms with E-state index in [2.05, 4.69) is 15.6 Å². The van der Waals surface area contributed by atoms with Crippen LogP contribution in [0, 0.1) is 0 Å². The largest absolute Gasteiger partial charge is 0.434 e. The average molecular weight is 197 g/mol. The van der Waals surface area contributed by atoms with Gasteiger partial charge in [0.05, 0.1) is 12.7 Å². The van der Waals surface area contributed by atoms with E-state index in [0.717, 1.165) is 0 Å². The number of oxazole rings is 1. The first kappa shape index (κ1) is 10.7. The van der Waals surface area contributed by atoms with Gasteiger partial charge < -0.3 is 15.1 Å². The van der Waals surface area contributed by atoms with Crippen molar-refractivity contribution in [2.24, 2.45) is 0 Å². The molecule has 0 aromatic carbocycles. The van der Waals surface area contributed by atoms with E-state index in [1.54, 1.807) is 7.05 Å². The molecule has 0 aliphatic rings. The molecule has 1 rings (SSSR count). The highest BCUT2D eigenvalue weighted by Crippen LogP contribution is 2.03. The highest BCUT2D eigenvalue weighted by Gasteiger charge is 2.12. The van der Waals surface area contributed by atoms with Crippen LogP contribution in [0.15, 0.2) is 10.6 Å². The minimum Gasteiger partial charge on any atom is -0.434 e. The third-order valence-electron chi connectivity index (χ3n) is 1.53. The van der Waals surface area contributed by atoms with E-state index >= 15 is 0 Å². The quantitative estimate of drug-likeness (QED) is 0.739. The van der Waals surface area contributed by atoms with Crippen molar-refractivity contribution >= 4 is 5.91 Å². The number of amides is 1. The lowest BCUT2D eigenvalue weighted by molar-refractivity contribution is 0.0913. The second-order valence-corrected chi connectivity index (χ2v) is 3.28. The van der Waals surface area contributed by atoms with Gasteiger partial charge in [-0.05, 0) is 20.9 Å². The SMILES string of the molecule is CNCc1ncc(C(=O)NC(C)C)o1. The number of aromatic nitrogens is 1. The number of rotatable bonds is 4. The van der Waals surface area contributed by atoms with Crippen LogP contribution in [-0.4, -0.2) is 24.0 Å². The van der Waals surface area contributed by atoms with Crippen molar-refractivity contribution in [3.8, 4) is 0 Å². The Kier molecular flexibility index (Phi) is 3.64. The van der Waals surface area contributed by atoms with Gasteiger partial charge >= 0.3 is 0 Å². The molecule has 0 bridgehead atoms. The standard InChI is InChI=1S/C9H15N3O2/c1-6(2)12-9(13)7-4-11-8(14-7)5-10-3/h4,6,10H,5H2,1-3H3,(H,12,13). The molecular formula is C9H15N3O2. The summed E-state index contributed by atoms with van der Waals surface area (Å²) in [7, 11) is 1.79. The Bertz CT molecular complexity index is 307. The molecule has 0 spiro atoms. The molecule has 0 atom stereocenters. The molecule has 0 fully saturated rings. The molecule has 0 saturated heterocycles. The number of carbonyl (C=O) groups is 1. The van der Waals surface area contributed by atoms with Crippen molar-refractivity contribution in [2.45, 2.75) is 26.4 Å². The lowest BCUT2D eigenvalue weighted by Crippen LogP contribution is -2.29. The Morgan fingerprint density at radius 3 is 2.93 bits per heavy atom. The van der Waals surface area contributed by atoms with Gasteiger partial charge in [-0.2, -0.15) is 0 Å². The van der Waals surface area contributed by atoms with Crippen LogP contribution < -0.4 is 10.6 Å². The summed E-state index contributed by atoms with van der Waals surface area (Å²) in [5.41, 5.74) is 0. The second-order valence-electron chi connectivity index (χ2n) is 3.28. The number of carbonyl (C=O) groups excluding carboxylic acids is 1. The summed E-state index contributed by atoms with van der Waals surface area (Å²) in [6.45, 7) is 4.31. The van der Waals surface area contributed by atoms with E-state index in [1.807, 2.05) is 13.8 Å². The molecule has 2 N–H and O–H groups in total. The summed E-state index contributed by atoms with van der Waals surface area (Å²) >= 11 is 0. The van der Waals surface area contributed by atoms with E-state index in [-0.39, 0.29) is 17.7 Å². The summed E-state index contributed by atoms with van der Waals surface area (Å²) in [5, 5.41) is 5.61. The van der Waals surface area contributed by atoms with Gasteiger partial charge in [-0.1, -0.05) is 0 Å². The molecule has 1 aromatic heterocycles. The molecule has 1 heterocycles. The Labute approximate surface area is 82.9 Å². The monoisotopic (exact) mass is 197 g/mol. The summed E-state index contributed by atoms with van der Waals surface area (Å²) in [6.07, 6.45) is 1.43. The molecule has 5 nitrogen and oxygen atoms in total. The Morgan fingerprint density at radius 1 is 1.64 bits per heavy atom. The molecule has 0 saturated carbocycles. The first-order chi connectivity index (χ1) is 6.63. The molecule has 0 unspecified atom stereocenters. The lowest BCUT2D eigenvalue weighted by atomic mass is 10.3. The van der Waals surface area contributed by atoms with Crippen LogP contribution in [0.4, 0.5) is 0 Å². The fraction of sp³-hybridized carbons (Fsp3) is 0.556. The third kappa shape index (κ3) is 2.85. The van der Waals surface area contributed by atoms with Crippen LogP contribution in [0.25, 0.3) is 0 Å². The van der Waals surface area contributed by atoms with Crippen LogP contribution in [0.5, 0.6) is 0 Å². The predicted octanol–water partition coefficient (Wildman–Crippen LogP) is 0.532. The zero-order chi connectivity index (χ0) is 10.6. The van der Waals surface area contributed by atoms with Gasteiger partial charge in [-0.15, -0.1) is 0 Å². The zero-order valence-electron chi connectivity index (χ0n) is 8.63. The van der Waals surface area contributed by atoms with Crippen molar-refractivity contribution in [3.05, 3.63) is 17.8 Å². The highest BCUT2D eigenvalue weighted by atomic mass is 16.4. The summed E-state index contributed by atoms with van der Waals surface area (Å²) in [5.74, 6) is 0.542. The van der Waals surface area contributed by atoms with Crippen LogP contribution in [-0.2, 0) is 6.54 Å². The minimum absolute atomic E-state index is 0.0975. The summed E-state index contributed by atoms with van der Waals surface area (Å²) in [6, 6.07) is 0.0975. The van der Waals surface area contributed by atoms with E-state index in [1.165, 1.54) is 6.20 Å². The van der Waals surface area contributed by atoms with Crippen molar-refractivity contribution in [1.82, 2.24) is 15.6 Å². The highest BCUT2D eigenvalue weighted by molar-refractivity contribution is 5.91. The van der Waals surface area contributed by atoms with Crippen LogP contribution in [0.3, 0.4) is 0 Å². The van der Waals surface area contributed by atoms with Crippen LogP contribution in [0.2, 0.25) is 0 Å². The average Bonchev–Trinajstić information content (AvgIpc) is 2.52. The van der Waals surface area contributed by atoms with E-state index in [9.17, 15) is 4.79 Å². The van der Waals surface area contributed by atoms with Crippen molar-refractivity contribution < 1.29 is 9.21 Å². The molecule has 1 aromatic rings. The van der Waals surface area contributed by atoms with Gasteiger partial charge in [0.2, 0.25) is 11.7 Å². The number of nitrogens with one attached hydrogen (secondary N) is 2. The lowest BCUT2D eigenvalue weighted by Gasteiger charge is -2.04. The Morgan fingerprint density at radius 2 is 2.36 bits per heavy atom. The van der Waals surface area contributed by atoms with Gasteiger partial charge in [0, 0.05) is 6.04 Å². The van der Waals surface area contributed by atoms with Gasteiger partial charge in [0.1, 0.15) is 0 Å². The van der Waals surface area contributed by atoms with Gasteiger partial charge in [-0.3, -0.25) is 4.79 Å². The molecule has 1 amide bonds. The summed E-state index contributed by atoms with van der Waals surface area (Å²) < 4.78 is 5.20. The maximum atomic E-state index is 11.4. The normalized spacial score (nSPS) is 10.6. The van der Waals surface area contributed by atoms with E-state index < -0.39 is 0 Å². The zero-order valence-corrected chi connectivity index (χ0v) is 8.63. The van der Waals surface area contributed by atoms with Crippen molar-refractivity contribution in [3.63, 3.8) is 0 Å². The molecule has 0 aliphatic heterocycles. The number of nitrogens with zero attached hydrogens (tertiary/aromatic N) is 1. The second kappa shape index (κ2) is 4.76. The minimum atomic E-state index is -0.227. The van der Waals surface area contributed by atoms with Gasteiger partial charge in [-0.25, -0.2) is 4.98 Å². The van der Waals surface area contributed by atoms with Crippen molar-refractivity contribution in [1.29, 1.82) is 0 Å². The molecular weight excluding hydrogens is 182 g/mol. The molecule has 0 radical (unpaired) electrons. The van der Waals surface area contributed by atoms with E-state index in [4.69, 9.17) is 4.42 Å². The van der Waals surface area contributed by atoms with Gasteiger partial charge in [0.25, 0.3) is 5.91 Å². The fourth-order valence-electron chi connectivity index (χ4n) is 0.982. The number of hydrogen-bond acceptors (Lipinski definition) is 4. The molecule has 5 heteroatoms. The number of hydrogen-bond donors (Lipinski definition) is 2. The molecule has 78 valence electrons. The Balaban J connectivity index is 2.62. The van der Waals surface area contributed by atoms with Crippen molar-refractivity contribution in [2.75, 3.05) is 7.05 Å². The van der Waals surface area contributed by atoms with Gasteiger partial charge in [0.15, 0.2) is 0 Å². The van der Waals surface area contributed by atoms with E-state index in [0.29, 0.717) is 12.4 Å². The van der Waals surface area contributed by atoms with Crippen LogP contribution in [0.1, 0.15) is 30.3 Å². The maximum absolute atomic E-state index is 11.4. The smallest absolute Gasteiger partial charge is 0.288 e. The third-order valence-corrected chi connectivity index (χ3v) is 1.53. The van der Waals surface area contributed by atoms with Crippen LogP contribution >= 0.6 is 0 Å². The maximum Gasteiger partial charge on any atom is 0.288 e. The summed E-state index contributed by atoms with van der Waals surface area (Å²) in [4.78, 5) is 15.4. The topological polar surface area (TPSA) is 67.2 Å². The first-order valence-electron chi connectivity index (χ1n) is 4.53. The molecule has 14 heavy (non-hydrogen) atoms.